The summed E-state index contributed by atoms with van der Waals surface area (Å²) in [6.07, 6.45) is 4.15. The number of halogens is 2. The Labute approximate surface area is 326 Å². The van der Waals surface area contributed by atoms with Crippen molar-refractivity contribution < 1.29 is 0 Å². The second-order valence-corrected chi connectivity index (χ2v) is 16.6. The SMILES string of the molecule is CCC[C@@H](c1nc2ccc(Br)cc2c(=O)n1CC)N1C[C@H](C)N[C@@H](C)C1.CCC[C@H](c1nc2ccc(Br)cc2c(=O)n1CC)N1C[C@H](C)N[C@@H](C)C1. The minimum atomic E-state index is 0.0612. The highest BCUT2D eigenvalue weighted by Crippen LogP contribution is 2.29. The van der Waals surface area contributed by atoms with E-state index in [9.17, 15) is 9.59 Å². The van der Waals surface area contributed by atoms with Crippen LogP contribution in [0.2, 0.25) is 0 Å². The van der Waals surface area contributed by atoms with Gasteiger partial charge in [-0.2, -0.15) is 0 Å². The van der Waals surface area contributed by atoms with Gasteiger partial charge >= 0.3 is 0 Å². The number of nitrogens with one attached hydrogen (secondary N) is 2. The summed E-state index contributed by atoms with van der Waals surface area (Å²) in [4.78, 5) is 41.2. The van der Waals surface area contributed by atoms with Gasteiger partial charge in [-0.1, -0.05) is 58.5 Å². The Morgan fingerprint density at radius 2 is 0.981 bits per heavy atom. The largest absolute Gasteiger partial charge is 0.309 e. The lowest BCUT2D eigenvalue weighted by Crippen LogP contribution is -2.55. The van der Waals surface area contributed by atoms with Gasteiger partial charge in [0.2, 0.25) is 0 Å². The number of hydrogen-bond acceptors (Lipinski definition) is 8. The molecule has 2 aliphatic heterocycles. The van der Waals surface area contributed by atoms with Gasteiger partial charge in [0.25, 0.3) is 11.1 Å². The molecule has 6 atom stereocenters. The summed E-state index contributed by atoms with van der Waals surface area (Å²) < 4.78 is 5.56. The van der Waals surface area contributed by atoms with Crippen LogP contribution < -0.4 is 21.8 Å². The maximum absolute atomic E-state index is 13.1. The van der Waals surface area contributed by atoms with E-state index in [0.29, 0.717) is 48.0 Å². The Morgan fingerprint density at radius 1 is 0.635 bits per heavy atom. The van der Waals surface area contributed by atoms with Crippen molar-refractivity contribution in [1.82, 2.24) is 39.5 Å². The lowest BCUT2D eigenvalue weighted by molar-refractivity contribution is 0.109. The highest BCUT2D eigenvalue weighted by atomic mass is 79.9. The van der Waals surface area contributed by atoms with Crippen LogP contribution in [0.25, 0.3) is 21.8 Å². The fourth-order valence-electron chi connectivity index (χ4n) is 8.28. The smallest absolute Gasteiger partial charge is 0.261 e. The van der Waals surface area contributed by atoms with E-state index in [1.807, 2.05) is 59.4 Å². The van der Waals surface area contributed by atoms with Gasteiger partial charge in [-0.3, -0.25) is 28.5 Å². The van der Waals surface area contributed by atoms with E-state index < -0.39 is 0 Å². The maximum atomic E-state index is 13.1. The first-order valence-corrected chi connectivity index (χ1v) is 20.9. The van der Waals surface area contributed by atoms with Crippen molar-refractivity contribution in [2.45, 2.75) is 130 Å². The number of fused-ring (bicyclic) bond motifs is 2. The van der Waals surface area contributed by atoms with Crippen molar-refractivity contribution >= 4 is 53.7 Å². The highest BCUT2D eigenvalue weighted by molar-refractivity contribution is 9.10. The van der Waals surface area contributed by atoms with E-state index in [1.165, 1.54) is 0 Å². The molecule has 2 aromatic heterocycles. The predicted octanol–water partition coefficient (Wildman–Crippen LogP) is 7.40. The molecular formula is C40H58Br2N8O2. The fourth-order valence-corrected chi connectivity index (χ4v) is 9.01. The zero-order valence-electron chi connectivity index (χ0n) is 32.3. The van der Waals surface area contributed by atoms with E-state index in [2.05, 4.69) is 93.8 Å². The molecule has 2 aromatic carbocycles. The molecule has 6 rings (SSSR count). The van der Waals surface area contributed by atoms with Gasteiger partial charge in [0.15, 0.2) is 0 Å². The lowest BCUT2D eigenvalue weighted by Gasteiger charge is -2.41. The molecule has 0 spiro atoms. The number of aromatic nitrogens is 4. The van der Waals surface area contributed by atoms with E-state index in [1.54, 1.807) is 0 Å². The van der Waals surface area contributed by atoms with Crippen molar-refractivity contribution in [1.29, 1.82) is 0 Å². The molecule has 2 aliphatic rings. The van der Waals surface area contributed by atoms with Crippen LogP contribution in [-0.2, 0) is 13.1 Å². The molecule has 2 saturated heterocycles. The maximum Gasteiger partial charge on any atom is 0.261 e. The molecule has 4 aromatic rings. The van der Waals surface area contributed by atoms with Crippen LogP contribution >= 0.6 is 31.9 Å². The first-order chi connectivity index (χ1) is 24.9. The zero-order valence-corrected chi connectivity index (χ0v) is 35.4. The normalized spacial score (nSPS) is 22.7. The third-order valence-corrected chi connectivity index (χ3v) is 11.3. The minimum absolute atomic E-state index is 0.0612. The summed E-state index contributed by atoms with van der Waals surface area (Å²) in [6, 6.07) is 13.7. The first kappa shape index (κ1) is 40.7. The lowest BCUT2D eigenvalue weighted by atomic mass is 10.0. The number of nitrogens with zero attached hydrogens (tertiary/aromatic N) is 6. The molecular weight excluding hydrogens is 784 g/mol. The van der Waals surface area contributed by atoms with Crippen LogP contribution in [0, 0.1) is 0 Å². The van der Waals surface area contributed by atoms with Crippen LogP contribution in [0.15, 0.2) is 54.9 Å². The fraction of sp³-hybridized carbons (Fsp3) is 0.600. The average Bonchev–Trinajstić information content (AvgIpc) is 3.09. The predicted molar refractivity (Wildman–Crippen MR) is 221 cm³/mol. The monoisotopic (exact) mass is 840 g/mol. The van der Waals surface area contributed by atoms with Gasteiger partial charge < -0.3 is 10.6 Å². The Kier molecular flexibility index (Phi) is 14.3. The van der Waals surface area contributed by atoms with Crippen LogP contribution in [-0.4, -0.2) is 79.2 Å². The Bertz CT molecular complexity index is 1790. The molecule has 0 amide bonds. The average molecular weight is 843 g/mol. The molecule has 0 aliphatic carbocycles. The molecule has 0 radical (unpaired) electrons. The van der Waals surface area contributed by atoms with Crippen molar-refractivity contribution in [3.05, 3.63) is 77.7 Å². The summed E-state index contributed by atoms with van der Waals surface area (Å²) in [5.41, 5.74) is 1.70. The van der Waals surface area contributed by atoms with Gasteiger partial charge in [-0.15, -0.1) is 0 Å². The molecule has 12 heteroatoms. The van der Waals surface area contributed by atoms with Crippen molar-refractivity contribution in [2.24, 2.45) is 0 Å². The Morgan fingerprint density at radius 3 is 1.29 bits per heavy atom. The third-order valence-electron chi connectivity index (χ3n) is 10.3. The summed E-state index contributed by atoms with van der Waals surface area (Å²) >= 11 is 6.94. The first-order valence-electron chi connectivity index (χ1n) is 19.3. The number of benzene rings is 2. The molecule has 10 nitrogen and oxygen atoms in total. The van der Waals surface area contributed by atoms with Crippen LogP contribution in [0.1, 0.15) is 105 Å². The van der Waals surface area contributed by atoms with Crippen molar-refractivity contribution in [2.75, 3.05) is 26.2 Å². The van der Waals surface area contributed by atoms with Gasteiger partial charge in [0.1, 0.15) is 11.6 Å². The Hall–Kier alpha value is -2.48. The van der Waals surface area contributed by atoms with E-state index in [0.717, 1.165) is 83.5 Å². The van der Waals surface area contributed by atoms with Crippen molar-refractivity contribution in [3.63, 3.8) is 0 Å². The highest BCUT2D eigenvalue weighted by Gasteiger charge is 2.32. The van der Waals surface area contributed by atoms with Gasteiger partial charge in [-0.05, 0) is 90.8 Å². The zero-order chi connectivity index (χ0) is 37.7. The van der Waals surface area contributed by atoms with E-state index in [-0.39, 0.29) is 23.2 Å². The third kappa shape index (κ3) is 9.24. The summed E-state index contributed by atoms with van der Waals surface area (Å²) in [5.74, 6) is 1.82. The summed E-state index contributed by atoms with van der Waals surface area (Å²) in [7, 11) is 0. The molecule has 284 valence electrons. The number of piperazine rings is 2. The second kappa shape index (κ2) is 18.2. The summed E-state index contributed by atoms with van der Waals surface area (Å²) in [6.45, 7) is 22.6. The van der Waals surface area contributed by atoms with Crippen molar-refractivity contribution in [3.8, 4) is 0 Å². The summed E-state index contributed by atoms with van der Waals surface area (Å²) in [5, 5.41) is 8.56. The second-order valence-electron chi connectivity index (χ2n) is 14.8. The molecule has 2 N–H and O–H groups in total. The number of rotatable bonds is 10. The molecule has 52 heavy (non-hydrogen) atoms. The minimum Gasteiger partial charge on any atom is -0.309 e. The molecule has 0 bridgehead atoms. The van der Waals surface area contributed by atoms with Crippen LogP contribution in [0.4, 0.5) is 0 Å². The van der Waals surface area contributed by atoms with E-state index in [4.69, 9.17) is 9.97 Å². The van der Waals surface area contributed by atoms with Crippen LogP contribution in [0.3, 0.4) is 0 Å². The Balaban J connectivity index is 0.000000201. The standard InChI is InChI=1S/2C20H29BrN4O/c2*1-5-7-18(24-11-13(3)22-14(4)12-24)19-23-17-9-8-15(21)10-16(17)20(26)25(19)6-2/h2*8-10,13-14,18,22H,5-7,11-12H2,1-4H3/t13-,14-,18+;13-,14-,18-/m00/s1. The molecule has 4 heterocycles. The number of hydrogen-bond donors (Lipinski definition) is 2. The molecule has 0 saturated carbocycles. The molecule has 0 unspecified atom stereocenters. The van der Waals surface area contributed by atoms with Gasteiger partial charge in [0, 0.05) is 72.4 Å². The van der Waals surface area contributed by atoms with Gasteiger partial charge in [0.05, 0.1) is 33.9 Å². The molecule has 2 fully saturated rings. The van der Waals surface area contributed by atoms with E-state index >= 15 is 0 Å². The topological polar surface area (TPSA) is 100 Å². The van der Waals surface area contributed by atoms with Crippen LogP contribution in [0.5, 0.6) is 0 Å². The van der Waals surface area contributed by atoms with Gasteiger partial charge in [-0.25, -0.2) is 9.97 Å². The quantitative estimate of drug-likeness (QED) is 0.171.